The van der Waals surface area contributed by atoms with Crippen molar-refractivity contribution < 1.29 is 9.47 Å². The summed E-state index contributed by atoms with van der Waals surface area (Å²) in [5.41, 5.74) is 16.8. The van der Waals surface area contributed by atoms with Gasteiger partial charge in [-0.25, -0.2) is 4.99 Å². The highest BCUT2D eigenvalue weighted by molar-refractivity contribution is 5.92. The van der Waals surface area contributed by atoms with Crippen LogP contribution in [0, 0.1) is 0 Å². The maximum Gasteiger partial charge on any atom is 0.218 e. The lowest BCUT2D eigenvalue weighted by Gasteiger charge is -2.08. The molecule has 0 spiro atoms. The van der Waals surface area contributed by atoms with E-state index in [0.29, 0.717) is 18.0 Å². The molecule has 0 bridgehead atoms. The molecule has 0 aromatic heterocycles. The topological polar surface area (TPSA) is 121 Å². The zero-order chi connectivity index (χ0) is 13.5. The summed E-state index contributed by atoms with van der Waals surface area (Å²) >= 11 is 0. The number of benzene rings is 1. The van der Waals surface area contributed by atoms with Crippen LogP contribution in [0.4, 0.5) is 0 Å². The van der Waals surface area contributed by atoms with Gasteiger partial charge in [-0.3, -0.25) is 0 Å². The zero-order valence-electron chi connectivity index (χ0n) is 10.4. The molecule has 0 amide bonds. The molecule has 0 atom stereocenters. The second kappa shape index (κ2) is 6.33. The summed E-state index contributed by atoms with van der Waals surface area (Å²) in [4.78, 5) is 7.63. The maximum atomic E-state index is 5.50. The average Bonchev–Trinajstić information content (AvgIpc) is 2.35. The van der Waals surface area contributed by atoms with Crippen molar-refractivity contribution in [1.82, 2.24) is 0 Å². The quantitative estimate of drug-likeness (QED) is 0.505. The van der Waals surface area contributed by atoms with Crippen LogP contribution in [0.25, 0.3) is 0 Å². The summed E-state index contributed by atoms with van der Waals surface area (Å²) in [6.45, 7) is 0.350. The standard InChI is InChI=1S/C11H17N5O2/c1-17-8-4-3-7(5-9(8)18-2)6-15-11(14)16-10(12)13/h3-5H,6H2,1-2H3,(H6,12,13,14,15,16). The van der Waals surface area contributed by atoms with Crippen molar-refractivity contribution in [3.8, 4) is 11.5 Å². The third kappa shape index (κ3) is 3.85. The Labute approximate surface area is 105 Å². The first-order chi connectivity index (χ1) is 8.56. The molecular formula is C11H17N5O2. The molecule has 0 aliphatic rings. The van der Waals surface area contributed by atoms with Crippen LogP contribution in [0.1, 0.15) is 5.56 Å². The number of hydrogen-bond acceptors (Lipinski definition) is 3. The molecule has 0 saturated carbocycles. The van der Waals surface area contributed by atoms with Gasteiger partial charge in [-0.15, -0.1) is 0 Å². The fraction of sp³-hybridized carbons (Fsp3) is 0.273. The smallest absolute Gasteiger partial charge is 0.218 e. The lowest BCUT2D eigenvalue weighted by molar-refractivity contribution is 0.354. The van der Waals surface area contributed by atoms with E-state index in [1.807, 2.05) is 12.1 Å². The van der Waals surface area contributed by atoms with Crippen molar-refractivity contribution >= 4 is 11.9 Å². The van der Waals surface area contributed by atoms with Crippen LogP contribution in [0.2, 0.25) is 0 Å². The van der Waals surface area contributed by atoms with E-state index in [4.69, 9.17) is 26.7 Å². The molecule has 7 nitrogen and oxygen atoms in total. The van der Waals surface area contributed by atoms with Gasteiger partial charge >= 0.3 is 0 Å². The van der Waals surface area contributed by atoms with E-state index >= 15 is 0 Å². The van der Waals surface area contributed by atoms with Crippen molar-refractivity contribution in [3.63, 3.8) is 0 Å². The highest BCUT2D eigenvalue weighted by Gasteiger charge is 2.03. The molecule has 0 saturated heterocycles. The highest BCUT2D eigenvalue weighted by atomic mass is 16.5. The summed E-state index contributed by atoms with van der Waals surface area (Å²) in [6, 6.07) is 5.46. The van der Waals surface area contributed by atoms with Crippen LogP contribution < -0.4 is 26.7 Å². The van der Waals surface area contributed by atoms with E-state index in [1.165, 1.54) is 0 Å². The van der Waals surface area contributed by atoms with Gasteiger partial charge < -0.3 is 26.7 Å². The summed E-state index contributed by atoms with van der Waals surface area (Å²) in [5.74, 6) is 1.20. The summed E-state index contributed by atoms with van der Waals surface area (Å²) < 4.78 is 10.3. The molecule has 0 unspecified atom stereocenters. The highest BCUT2D eigenvalue weighted by Crippen LogP contribution is 2.27. The second-order valence-corrected chi connectivity index (χ2v) is 3.40. The van der Waals surface area contributed by atoms with Crippen LogP contribution in [0.15, 0.2) is 28.2 Å². The van der Waals surface area contributed by atoms with E-state index in [0.717, 1.165) is 5.56 Å². The molecule has 0 radical (unpaired) electrons. The summed E-state index contributed by atoms with van der Waals surface area (Å²) in [7, 11) is 3.14. The largest absolute Gasteiger partial charge is 0.493 e. The SMILES string of the molecule is COc1ccc(CN=C(N)N=C(N)N)cc1OC. The molecule has 18 heavy (non-hydrogen) atoms. The van der Waals surface area contributed by atoms with Crippen LogP contribution in [-0.4, -0.2) is 26.1 Å². The molecule has 0 aliphatic heterocycles. The Balaban J connectivity index is 2.83. The van der Waals surface area contributed by atoms with Crippen molar-refractivity contribution in [2.24, 2.45) is 27.2 Å². The van der Waals surface area contributed by atoms with Gasteiger partial charge in [0.25, 0.3) is 0 Å². The van der Waals surface area contributed by atoms with Crippen LogP contribution in [0.3, 0.4) is 0 Å². The minimum absolute atomic E-state index is 0.0322. The third-order valence-corrected chi connectivity index (χ3v) is 2.12. The Morgan fingerprint density at radius 2 is 1.78 bits per heavy atom. The number of aliphatic imine (C=N–C) groups is 2. The first kappa shape index (κ1) is 13.6. The first-order valence-corrected chi connectivity index (χ1v) is 5.17. The van der Waals surface area contributed by atoms with E-state index in [1.54, 1.807) is 20.3 Å². The monoisotopic (exact) mass is 251 g/mol. The molecule has 7 heteroatoms. The van der Waals surface area contributed by atoms with Gasteiger partial charge in [-0.2, -0.15) is 4.99 Å². The zero-order valence-corrected chi connectivity index (χ0v) is 10.4. The number of rotatable bonds is 4. The molecule has 1 aromatic rings. The van der Waals surface area contributed by atoms with E-state index in [-0.39, 0.29) is 11.9 Å². The summed E-state index contributed by atoms with van der Waals surface area (Å²) in [5, 5.41) is 0. The molecule has 98 valence electrons. The fourth-order valence-corrected chi connectivity index (χ4v) is 1.32. The minimum atomic E-state index is -0.122. The van der Waals surface area contributed by atoms with E-state index < -0.39 is 0 Å². The second-order valence-electron chi connectivity index (χ2n) is 3.40. The van der Waals surface area contributed by atoms with Gasteiger partial charge in [0.15, 0.2) is 17.5 Å². The number of nitrogens with two attached hydrogens (primary N) is 3. The Hall–Kier alpha value is -2.44. The van der Waals surface area contributed by atoms with Gasteiger partial charge in [0, 0.05) is 0 Å². The summed E-state index contributed by atoms with van der Waals surface area (Å²) in [6.07, 6.45) is 0. The van der Waals surface area contributed by atoms with Crippen LogP contribution in [-0.2, 0) is 6.54 Å². The number of guanidine groups is 2. The van der Waals surface area contributed by atoms with Gasteiger partial charge in [0.1, 0.15) is 0 Å². The van der Waals surface area contributed by atoms with Crippen molar-refractivity contribution in [1.29, 1.82) is 0 Å². The van der Waals surface area contributed by atoms with Crippen LogP contribution in [0.5, 0.6) is 11.5 Å². The molecule has 0 heterocycles. The number of methoxy groups -OCH3 is 2. The molecular weight excluding hydrogens is 234 g/mol. The Kier molecular flexibility index (Phi) is 4.79. The van der Waals surface area contributed by atoms with Crippen molar-refractivity contribution in [2.45, 2.75) is 6.54 Å². The predicted octanol–water partition coefficient (Wildman–Crippen LogP) is -0.208. The lowest BCUT2D eigenvalue weighted by atomic mass is 10.2. The number of hydrogen-bond donors (Lipinski definition) is 3. The first-order valence-electron chi connectivity index (χ1n) is 5.17. The lowest BCUT2D eigenvalue weighted by Crippen LogP contribution is -2.26. The van der Waals surface area contributed by atoms with Gasteiger partial charge in [0.2, 0.25) is 5.96 Å². The van der Waals surface area contributed by atoms with Gasteiger partial charge in [-0.05, 0) is 17.7 Å². The fourth-order valence-electron chi connectivity index (χ4n) is 1.32. The Bertz CT molecular complexity index is 467. The third-order valence-electron chi connectivity index (χ3n) is 2.12. The van der Waals surface area contributed by atoms with E-state index in [2.05, 4.69) is 9.98 Å². The normalized spacial score (nSPS) is 10.9. The van der Waals surface area contributed by atoms with E-state index in [9.17, 15) is 0 Å². The maximum absolute atomic E-state index is 5.50. The Morgan fingerprint density at radius 3 is 2.33 bits per heavy atom. The van der Waals surface area contributed by atoms with Crippen molar-refractivity contribution in [3.05, 3.63) is 23.8 Å². The number of ether oxygens (including phenoxy) is 2. The Morgan fingerprint density at radius 1 is 1.11 bits per heavy atom. The molecule has 6 N–H and O–H groups in total. The molecule has 1 rings (SSSR count). The number of nitrogens with zero attached hydrogens (tertiary/aromatic N) is 2. The minimum Gasteiger partial charge on any atom is -0.493 e. The van der Waals surface area contributed by atoms with Crippen LogP contribution >= 0.6 is 0 Å². The van der Waals surface area contributed by atoms with Crippen molar-refractivity contribution in [2.75, 3.05) is 14.2 Å². The van der Waals surface area contributed by atoms with Gasteiger partial charge in [-0.1, -0.05) is 6.07 Å². The predicted molar refractivity (Wildman–Crippen MR) is 70.7 cm³/mol. The van der Waals surface area contributed by atoms with Gasteiger partial charge in [0.05, 0.1) is 20.8 Å². The molecule has 1 aromatic carbocycles. The average molecular weight is 251 g/mol. The molecule has 0 fully saturated rings. The molecule has 0 aliphatic carbocycles.